The van der Waals surface area contributed by atoms with Crippen molar-refractivity contribution in [3.8, 4) is 0 Å². The van der Waals surface area contributed by atoms with Crippen LogP contribution < -0.4 is 5.32 Å². The molecule has 0 aliphatic heterocycles. The topological polar surface area (TPSA) is 12.0 Å². The molecule has 82 valence electrons. The summed E-state index contributed by atoms with van der Waals surface area (Å²) in [5, 5.41) is 4.14. The first kappa shape index (κ1) is 11.0. The normalized spacial score (nSPS) is 29.1. The van der Waals surface area contributed by atoms with Crippen molar-refractivity contribution in [1.82, 2.24) is 5.32 Å². The zero-order valence-corrected chi connectivity index (χ0v) is 10.1. The van der Waals surface area contributed by atoms with Crippen molar-refractivity contribution in [1.29, 1.82) is 0 Å². The van der Waals surface area contributed by atoms with Crippen molar-refractivity contribution in [3.63, 3.8) is 0 Å². The van der Waals surface area contributed by atoms with Gasteiger partial charge in [0.15, 0.2) is 0 Å². The van der Waals surface area contributed by atoms with E-state index < -0.39 is 0 Å². The second-order valence-corrected chi connectivity index (χ2v) is 4.94. The summed E-state index contributed by atoms with van der Waals surface area (Å²) in [6, 6.07) is 8.35. The summed E-state index contributed by atoms with van der Waals surface area (Å²) >= 11 is 5.91. The van der Waals surface area contributed by atoms with Crippen LogP contribution in [0.4, 0.5) is 0 Å². The van der Waals surface area contributed by atoms with E-state index in [-0.39, 0.29) is 0 Å². The highest BCUT2D eigenvalue weighted by Gasteiger charge is 2.53. The third-order valence-corrected chi connectivity index (χ3v) is 3.89. The van der Waals surface area contributed by atoms with Crippen LogP contribution in [0.25, 0.3) is 0 Å². The van der Waals surface area contributed by atoms with Crippen LogP contribution >= 0.6 is 11.6 Å². The van der Waals surface area contributed by atoms with Crippen LogP contribution in [0.2, 0.25) is 5.02 Å². The molecule has 2 atom stereocenters. The van der Waals surface area contributed by atoms with Gasteiger partial charge >= 0.3 is 0 Å². The minimum absolute atomic E-state index is 0.383. The molecule has 1 aromatic carbocycles. The summed E-state index contributed by atoms with van der Waals surface area (Å²) < 4.78 is 0. The molecule has 2 heteroatoms. The lowest BCUT2D eigenvalue weighted by Gasteiger charge is -2.17. The molecule has 1 N–H and O–H groups in total. The lowest BCUT2D eigenvalue weighted by atomic mass is 9.92. The molecule has 0 radical (unpaired) electrons. The van der Waals surface area contributed by atoms with E-state index in [9.17, 15) is 0 Å². The highest BCUT2D eigenvalue weighted by atomic mass is 35.5. The maximum Gasteiger partial charge on any atom is 0.0406 e. The Bertz CT molecular complexity index is 333. The summed E-state index contributed by atoms with van der Waals surface area (Å²) in [6.07, 6.45) is 2.58. The van der Waals surface area contributed by atoms with Gasteiger partial charge in [-0.1, -0.05) is 37.1 Å². The third-order valence-electron chi connectivity index (χ3n) is 3.64. The fourth-order valence-corrected chi connectivity index (χ4v) is 2.81. The second kappa shape index (κ2) is 4.15. The fourth-order valence-electron chi connectivity index (χ4n) is 2.69. The minimum Gasteiger partial charge on any atom is -0.319 e. The number of benzene rings is 1. The van der Waals surface area contributed by atoms with Gasteiger partial charge < -0.3 is 5.32 Å². The van der Waals surface area contributed by atoms with Crippen molar-refractivity contribution in [2.45, 2.75) is 25.2 Å². The smallest absolute Gasteiger partial charge is 0.0406 e. The van der Waals surface area contributed by atoms with Crippen molar-refractivity contribution in [3.05, 3.63) is 34.9 Å². The number of rotatable bonds is 4. The maximum atomic E-state index is 5.91. The van der Waals surface area contributed by atoms with Gasteiger partial charge in [-0.15, -0.1) is 0 Å². The summed E-state index contributed by atoms with van der Waals surface area (Å²) in [5.74, 6) is 0.839. The Hall–Kier alpha value is -0.530. The van der Waals surface area contributed by atoms with E-state index in [4.69, 9.17) is 11.6 Å². The molecule has 2 unspecified atom stereocenters. The highest BCUT2D eigenvalue weighted by Crippen LogP contribution is 2.55. The predicted molar refractivity (Wildman–Crippen MR) is 65.5 cm³/mol. The molecule has 0 spiro atoms. The molecular weight excluding hydrogens is 206 g/mol. The van der Waals surface area contributed by atoms with E-state index in [1.165, 1.54) is 18.4 Å². The van der Waals surface area contributed by atoms with Crippen molar-refractivity contribution < 1.29 is 0 Å². The first-order valence-electron chi connectivity index (χ1n) is 5.63. The van der Waals surface area contributed by atoms with E-state index >= 15 is 0 Å². The van der Waals surface area contributed by atoms with Gasteiger partial charge in [-0.3, -0.25) is 0 Å². The fraction of sp³-hybridized carbons (Fsp3) is 0.538. The predicted octanol–water partition coefficient (Wildman–Crippen LogP) is 3.23. The lowest BCUT2D eigenvalue weighted by Crippen LogP contribution is -2.25. The summed E-state index contributed by atoms with van der Waals surface area (Å²) in [7, 11) is 2.03. The number of halogens is 1. The molecule has 15 heavy (non-hydrogen) atoms. The van der Waals surface area contributed by atoms with E-state index in [2.05, 4.69) is 24.4 Å². The molecule has 1 fully saturated rings. The lowest BCUT2D eigenvalue weighted by molar-refractivity contribution is 0.554. The Balaban J connectivity index is 2.23. The first-order chi connectivity index (χ1) is 7.23. The molecule has 0 amide bonds. The third kappa shape index (κ3) is 1.91. The second-order valence-electron chi connectivity index (χ2n) is 4.50. The van der Waals surface area contributed by atoms with Crippen LogP contribution in [0.15, 0.2) is 24.3 Å². The number of likely N-dealkylation sites (N-methyl/N-ethyl adjacent to an activating group) is 1. The monoisotopic (exact) mass is 223 g/mol. The molecule has 1 aromatic rings. The Morgan fingerprint density at radius 3 is 2.53 bits per heavy atom. The van der Waals surface area contributed by atoms with Crippen molar-refractivity contribution in [2.24, 2.45) is 5.92 Å². The first-order valence-corrected chi connectivity index (χ1v) is 6.01. The Kier molecular flexibility index (Phi) is 3.03. The Morgan fingerprint density at radius 2 is 2.07 bits per heavy atom. The molecule has 0 heterocycles. The molecule has 0 saturated heterocycles. The zero-order valence-electron chi connectivity index (χ0n) is 9.39. The minimum atomic E-state index is 0.383. The van der Waals surface area contributed by atoms with Gasteiger partial charge in [0.2, 0.25) is 0 Å². The van der Waals surface area contributed by atoms with Gasteiger partial charge in [0.05, 0.1) is 0 Å². The van der Waals surface area contributed by atoms with Crippen LogP contribution in [-0.2, 0) is 5.41 Å². The highest BCUT2D eigenvalue weighted by molar-refractivity contribution is 6.30. The average Bonchev–Trinajstić information content (AvgIpc) is 2.94. The average molecular weight is 224 g/mol. The van der Waals surface area contributed by atoms with E-state index in [0.717, 1.165) is 17.5 Å². The number of nitrogens with one attached hydrogen (secondary N) is 1. The van der Waals surface area contributed by atoms with Crippen LogP contribution in [0.3, 0.4) is 0 Å². The van der Waals surface area contributed by atoms with Gasteiger partial charge in [0, 0.05) is 17.0 Å². The van der Waals surface area contributed by atoms with E-state index in [1.807, 2.05) is 19.2 Å². The number of hydrogen-bond acceptors (Lipinski definition) is 1. The molecular formula is C13H18ClN. The van der Waals surface area contributed by atoms with Gasteiger partial charge in [0.25, 0.3) is 0 Å². The van der Waals surface area contributed by atoms with E-state index in [0.29, 0.717) is 5.41 Å². The van der Waals surface area contributed by atoms with Crippen molar-refractivity contribution in [2.75, 3.05) is 13.6 Å². The van der Waals surface area contributed by atoms with Gasteiger partial charge in [-0.05, 0) is 37.1 Å². The van der Waals surface area contributed by atoms with Crippen LogP contribution in [0, 0.1) is 5.92 Å². The molecule has 1 saturated carbocycles. The summed E-state index contributed by atoms with van der Waals surface area (Å²) in [4.78, 5) is 0. The van der Waals surface area contributed by atoms with Gasteiger partial charge in [-0.25, -0.2) is 0 Å². The van der Waals surface area contributed by atoms with Crippen LogP contribution in [-0.4, -0.2) is 13.6 Å². The maximum absolute atomic E-state index is 5.91. The van der Waals surface area contributed by atoms with E-state index in [1.54, 1.807) is 0 Å². The largest absolute Gasteiger partial charge is 0.319 e. The zero-order chi connectivity index (χ0) is 10.9. The van der Waals surface area contributed by atoms with Crippen LogP contribution in [0.5, 0.6) is 0 Å². The molecule has 0 aromatic heterocycles. The quantitative estimate of drug-likeness (QED) is 0.827. The van der Waals surface area contributed by atoms with Crippen molar-refractivity contribution >= 4 is 11.6 Å². The molecule has 2 rings (SSSR count). The summed E-state index contributed by atoms with van der Waals surface area (Å²) in [5.41, 5.74) is 1.82. The Labute approximate surface area is 96.8 Å². The van der Waals surface area contributed by atoms with Gasteiger partial charge in [0.1, 0.15) is 0 Å². The standard InChI is InChI=1S/C13H18ClN/c1-3-10-8-13(10,9-15-2)11-4-6-12(14)7-5-11/h4-7,10,15H,3,8-9H2,1-2H3. The summed E-state index contributed by atoms with van der Waals surface area (Å²) in [6.45, 7) is 3.35. The van der Waals surface area contributed by atoms with Crippen LogP contribution in [0.1, 0.15) is 25.3 Å². The molecule has 1 nitrogen and oxygen atoms in total. The molecule has 1 aliphatic rings. The van der Waals surface area contributed by atoms with Gasteiger partial charge in [-0.2, -0.15) is 0 Å². The number of hydrogen-bond donors (Lipinski definition) is 1. The molecule has 0 bridgehead atoms. The Morgan fingerprint density at radius 1 is 1.40 bits per heavy atom. The molecule has 1 aliphatic carbocycles. The SMILES string of the molecule is CCC1CC1(CNC)c1ccc(Cl)cc1.